The highest BCUT2D eigenvalue weighted by Crippen LogP contribution is 2.46. The molecule has 0 saturated heterocycles. The molecule has 9 heteroatoms. The van der Waals surface area contributed by atoms with Crippen LogP contribution in [0, 0.1) is 10.1 Å². The standard InChI is InChI=1S/C31H19ClN2O6/c32-23-12-6-4-10-21(23)28(35)26-25(18-14-16-20(17-15-18)34(37)38)27-29(22-11-5-7-13-24(22)39-31(27)36)40-30(26)33-19-8-2-1-3-9-19/h1-17,25,33H. The number of nitrogens with zero attached hydrogens (tertiary/aromatic N) is 1. The minimum Gasteiger partial charge on any atom is -0.439 e. The number of carbonyl (C=O) groups is 1. The molecule has 1 aliphatic heterocycles. The number of allylic oxidation sites excluding steroid dienone is 1. The number of nitro benzene ring substituents is 1. The number of rotatable bonds is 6. The zero-order valence-electron chi connectivity index (χ0n) is 20.7. The second-order valence-corrected chi connectivity index (χ2v) is 9.46. The number of ketones is 1. The van der Waals surface area contributed by atoms with Gasteiger partial charge in [0.1, 0.15) is 5.58 Å². The Morgan fingerprint density at radius 3 is 2.27 bits per heavy atom. The highest BCUT2D eigenvalue weighted by Gasteiger charge is 2.40. The first kappa shape index (κ1) is 25.1. The van der Waals surface area contributed by atoms with Crippen LogP contribution in [-0.4, -0.2) is 10.7 Å². The van der Waals surface area contributed by atoms with Gasteiger partial charge in [0.05, 0.1) is 32.4 Å². The summed E-state index contributed by atoms with van der Waals surface area (Å²) in [6.07, 6.45) is 0. The van der Waals surface area contributed by atoms with E-state index >= 15 is 0 Å². The quantitative estimate of drug-likeness (QED) is 0.104. The molecule has 1 N–H and O–H groups in total. The van der Waals surface area contributed by atoms with E-state index in [1.807, 2.05) is 30.3 Å². The Morgan fingerprint density at radius 1 is 0.875 bits per heavy atom. The predicted molar refractivity (Wildman–Crippen MR) is 151 cm³/mol. The van der Waals surface area contributed by atoms with Crippen LogP contribution in [0.3, 0.4) is 0 Å². The van der Waals surface area contributed by atoms with Gasteiger partial charge in [-0.25, -0.2) is 4.79 Å². The van der Waals surface area contributed by atoms with Crippen molar-refractivity contribution in [3.8, 4) is 5.75 Å². The van der Waals surface area contributed by atoms with Crippen LogP contribution in [0.25, 0.3) is 11.0 Å². The largest absolute Gasteiger partial charge is 0.439 e. The molecular formula is C31H19ClN2O6. The number of nitro groups is 1. The number of hydrogen-bond acceptors (Lipinski definition) is 7. The second-order valence-electron chi connectivity index (χ2n) is 9.05. The maximum atomic E-state index is 14.3. The Balaban J connectivity index is 1.67. The van der Waals surface area contributed by atoms with E-state index < -0.39 is 22.3 Å². The molecule has 0 spiro atoms. The first-order valence-electron chi connectivity index (χ1n) is 12.3. The van der Waals surface area contributed by atoms with Crippen LogP contribution in [0.5, 0.6) is 5.75 Å². The zero-order valence-corrected chi connectivity index (χ0v) is 21.4. The number of para-hydroxylation sites is 2. The Bertz CT molecular complexity index is 1880. The molecule has 4 aromatic carbocycles. The monoisotopic (exact) mass is 550 g/mol. The highest BCUT2D eigenvalue weighted by atomic mass is 35.5. The van der Waals surface area contributed by atoms with Gasteiger partial charge in [-0.3, -0.25) is 14.9 Å². The second kappa shape index (κ2) is 10.2. The van der Waals surface area contributed by atoms with Crippen molar-refractivity contribution in [1.82, 2.24) is 0 Å². The molecule has 1 aromatic heterocycles. The third-order valence-corrected chi connectivity index (χ3v) is 6.99. The lowest BCUT2D eigenvalue weighted by atomic mass is 9.80. The molecule has 0 radical (unpaired) electrons. The van der Waals surface area contributed by atoms with Gasteiger partial charge in [-0.2, -0.15) is 0 Å². The maximum absolute atomic E-state index is 14.3. The number of carbonyl (C=O) groups excluding carboxylic acids is 1. The van der Waals surface area contributed by atoms with E-state index in [1.54, 1.807) is 48.5 Å². The van der Waals surface area contributed by atoms with Gasteiger partial charge in [0, 0.05) is 23.4 Å². The fourth-order valence-corrected chi connectivity index (χ4v) is 5.04. The number of Topliss-reactive ketones (excluding diaryl/α,β-unsaturated/α-hetero) is 1. The van der Waals surface area contributed by atoms with Crippen molar-refractivity contribution in [3.63, 3.8) is 0 Å². The lowest BCUT2D eigenvalue weighted by Crippen LogP contribution is -2.30. The Labute approximate surface area is 232 Å². The van der Waals surface area contributed by atoms with Crippen LogP contribution in [0.2, 0.25) is 5.02 Å². The molecule has 8 nitrogen and oxygen atoms in total. The number of nitrogens with one attached hydrogen (secondary N) is 1. The molecule has 0 aliphatic carbocycles. The molecule has 40 heavy (non-hydrogen) atoms. The van der Waals surface area contributed by atoms with Gasteiger partial charge in [-0.1, -0.05) is 66.2 Å². The molecule has 1 aliphatic rings. The van der Waals surface area contributed by atoms with Crippen molar-refractivity contribution in [2.24, 2.45) is 0 Å². The third-order valence-electron chi connectivity index (χ3n) is 6.66. The average molecular weight is 551 g/mol. The van der Waals surface area contributed by atoms with Crippen LogP contribution < -0.4 is 15.7 Å². The summed E-state index contributed by atoms with van der Waals surface area (Å²) in [5.41, 5.74) is 0.986. The highest BCUT2D eigenvalue weighted by molar-refractivity contribution is 6.35. The van der Waals surface area contributed by atoms with Crippen LogP contribution in [0.1, 0.15) is 27.4 Å². The zero-order chi connectivity index (χ0) is 27.8. The van der Waals surface area contributed by atoms with E-state index in [4.69, 9.17) is 20.8 Å². The molecule has 0 saturated carbocycles. The first-order chi connectivity index (χ1) is 19.4. The molecule has 1 unspecified atom stereocenters. The van der Waals surface area contributed by atoms with Gasteiger partial charge in [0.15, 0.2) is 11.5 Å². The number of benzene rings is 4. The molecule has 6 rings (SSSR count). The fourth-order valence-electron chi connectivity index (χ4n) is 4.82. The predicted octanol–water partition coefficient (Wildman–Crippen LogP) is 7.09. The van der Waals surface area contributed by atoms with E-state index in [9.17, 15) is 19.7 Å². The summed E-state index contributed by atoms with van der Waals surface area (Å²) in [5, 5.41) is 15.3. The van der Waals surface area contributed by atoms with Gasteiger partial charge >= 0.3 is 5.63 Å². The van der Waals surface area contributed by atoms with Gasteiger partial charge in [0.25, 0.3) is 5.69 Å². The van der Waals surface area contributed by atoms with Crippen LogP contribution >= 0.6 is 11.6 Å². The molecule has 0 amide bonds. The van der Waals surface area contributed by atoms with Gasteiger partial charge in [-0.15, -0.1) is 0 Å². The van der Waals surface area contributed by atoms with E-state index in [2.05, 4.69) is 5.32 Å². The first-order valence-corrected chi connectivity index (χ1v) is 12.6. The number of anilines is 1. The van der Waals surface area contributed by atoms with Crippen LogP contribution in [0.4, 0.5) is 11.4 Å². The summed E-state index contributed by atoms with van der Waals surface area (Å²) in [6, 6.07) is 28.3. The smallest absolute Gasteiger partial charge is 0.344 e. The number of non-ortho nitro benzene ring substituents is 1. The van der Waals surface area contributed by atoms with Crippen molar-refractivity contribution < 1.29 is 18.9 Å². The summed E-state index contributed by atoms with van der Waals surface area (Å²) in [5.74, 6) is -1.15. The van der Waals surface area contributed by atoms with E-state index in [0.717, 1.165) is 0 Å². The SMILES string of the molecule is O=C(C1=C(Nc2ccccc2)Oc2c(c(=O)oc3ccccc23)C1c1ccc([N+](=O)[O-])cc1)c1ccccc1Cl. The van der Waals surface area contributed by atoms with Crippen molar-refractivity contribution in [2.75, 3.05) is 5.32 Å². The molecule has 1 atom stereocenters. The summed E-state index contributed by atoms with van der Waals surface area (Å²) in [7, 11) is 0. The van der Waals surface area contributed by atoms with E-state index in [-0.39, 0.29) is 39.0 Å². The summed E-state index contributed by atoms with van der Waals surface area (Å²) in [4.78, 5) is 38.7. The topological polar surface area (TPSA) is 112 Å². The number of fused-ring (bicyclic) bond motifs is 3. The van der Waals surface area contributed by atoms with E-state index in [0.29, 0.717) is 22.2 Å². The number of hydrogen-bond donors (Lipinski definition) is 1. The molecule has 196 valence electrons. The summed E-state index contributed by atoms with van der Waals surface area (Å²) in [6.45, 7) is 0. The van der Waals surface area contributed by atoms with Crippen LogP contribution in [0.15, 0.2) is 124 Å². The molecule has 5 aromatic rings. The van der Waals surface area contributed by atoms with Crippen molar-refractivity contribution in [3.05, 3.63) is 157 Å². The molecular weight excluding hydrogens is 532 g/mol. The summed E-state index contributed by atoms with van der Waals surface area (Å²) < 4.78 is 12.0. The lowest BCUT2D eigenvalue weighted by molar-refractivity contribution is -0.384. The lowest BCUT2D eigenvalue weighted by Gasteiger charge is -2.30. The maximum Gasteiger partial charge on any atom is 0.344 e. The molecule has 0 bridgehead atoms. The van der Waals surface area contributed by atoms with Gasteiger partial charge in [-0.05, 0) is 42.0 Å². The third kappa shape index (κ3) is 4.40. The minimum absolute atomic E-state index is 0.0980. The van der Waals surface area contributed by atoms with Crippen molar-refractivity contribution in [1.29, 1.82) is 0 Å². The Morgan fingerprint density at radius 2 is 1.55 bits per heavy atom. The van der Waals surface area contributed by atoms with Crippen molar-refractivity contribution in [2.45, 2.75) is 5.92 Å². The molecule has 0 fully saturated rings. The Hall–Kier alpha value is -5.21. The van der Waals surface area contributed by atoms with E-state index in [1.165, 1.54) is 24.3 Å². The minimum atomic E-state index is -1.000. The van der Waals surface area contributed by atoms with Gasteiger partial charge in [0.2, 0.25) is 5.88 Å². The number of halogens is 1. The molecule has 2 heterocycles. The fraction of sp³-hybridized carbons (Fsp3) is 0.0323. The summed E-state index contributed by atoms with van der Waals surface area (Å²) >= 11 is 6.45. The average Bonchev–Trinajstić information content (AvgIpc) is 2.97. The van der Waals surface area contributed by atoms with Gasteiger partial charge < -0.3 is 14.5 Å². The normalized spacial score (nSPS) is 14.4. The van der Waals surface area contributed by atoms with Crippen molar-refractivity contribution >= 4 is 39.7 Å². The van der Waals surface area contributed by atoms with Crippen LogP contribution in [-0.2, 0) is 0 Å². The Kier molecular flexibility index (Phi) is 6.37. The number of ether oxygens (including phenoxy) is 1.